The number of nitrogens with one attached hydrogen (secondary N) is 1. The fourth-order valence-electron chi connectivity index (χ4n) is 4.20. The van der Waals surface area contributed by atoms with Crippen LogP contribution in [0.25, 0.3) is 22.0 Å². The van der Waals surface area contributed by atoms with Gasteiger partial charge in [0.15, 0.2) is 0 Å². The molecule has 1 aromatic carbocycles. The lowest BCUT2D eigenvalue weighted by molar-refractivity contribution is 0.393. The second kappa shape index (κ2) is 7.20. The van der Waals surface area contributed by atoms with Crippen molar-refractivity contribution in [2.75, 3.05) is 16.1 Å². The fraction of sp³-hybridized carbons (Fsp3) is 0.227. The molecule has 164 valence electrons. The molecule has 4 aromatic rings. The molecule has 5 rings (SSSR count). The maximum Gasteiger partial charge on any atom is 0.324 e. The summed E-state index contributed by atoms with van der Waals surface area (Å²) in [5, 5.41) is 4.68. The van der Waals surface area contributed by atoms with Crippen molar-refractivity contribution in [3.63, 3.8) is 0 Å². The number of methoxy groups -OCH3 is 1. The van der Waals surface area contributed by atoms with E-state index in [4.69, 9.17) is 9.26 Å². The Balaban J connectivity index is 1.76. The van der Waals surface area contributed by atoms with Crippen molar-refractivity contribution in [2.24, 2.45) is 0 Å². The van der Waals surface area contributed by atoms with Gasteiger partial charge >= 0.3 is 10.2 Å². The van der Waals surface area contributed by atoms with Gasteiger partial charge in [-0.2, -0.15) is 8.42 Å². The molecule has 32 heavy (non-hydrogen) atoms. The summed E-state index contributed by atoms with van der Waals surface area (Å²) in [6.45, 7) is 5.50. The van der Waals surface area contributed by atoms with E-state index in [1.165, 1.54) is 10.5 Å². The van der Waals surface area contributed by atoms with Crippen LogP contribution in [0.5, 0.6) is 5.75 Å². The summed E-state index contributed by atoms with van der Waals surface area (Å²) in [6, 6.07) is 8.57. The van der Waals surface area contributed by atoms with Crippen LogP contribution in [0.2, 0.25) is 0 Å². The fourth-order valence-corrected chi connectivity index (χ4v) is 5.69. The Morgan fingerprint density at radius 3 is 2.66 bits per heavy atom. The normalized spacial score (nSPS) is 15.4. The van der Waals surface area contributed by atoms with E-state index in [1.54, 1.807) is 32.4 Å². The summed E-state index contributed by atoms with van der Waals surface area (Å²) in [5.41, 5.74) is 4.52. The average molecular weight is 452 g/mol. The second-order valence-corrected chi connectivity index (χ2v) is 9.17. The van der Waals surface area contributed by atoms with Crippen molar-refractivity contribution in [3.05, 3.63) is 59.9 Å². The van der Waals surface area contributed by atoms with E-state index < -0.39 is 16.3 Å². The van der Waals surface area contributed by atoms with Crippen LogP contribution < -0.4 is 13.8 Å². The molecule has 3 aromatic heterocycles. The Kier molecular flexibility index (Phi) is 4.55. The smallest absolute Gasteiger partial charge is 0.324 e. The van der Waals surface area contributed by atoms with E-state index in [0.717, 1.165) is 16.8 Å². The monoisotopic (exact) mass is 451 g/mol. The number of aromatic nitrogens is 3. The molecule has 10 heteroatoms. The molecule has 9 nitrogen and oxygen atoms in total. The summed E-state index contributed by atoms with van der Waals surface area (Å²) < 4.78 is 41.1. The third-order valence-corrected chi connectivity index (χ3v) is 7.14. The molecule has 4 heterocycles. The minimum atomic E-state index is -3.83. The van der Waals surface area contributed by atoms with Gasteiger partial charge in [0.25, 0.3) is 0 Å². The van der Waals surface area contributed by atoms with Crippen LogP contribution in [0.4, 0.5) is 11.4 Å². The molecule has 1 aliphatic rings. The second-order valence-electron chi connectivity index (χ2n) is 7.62. The van der Waals surface area contributed by atoms with Crippen LogP contribution in [0.3, 0.4) is 0 Å². The number of rotatable bonds is 4. The maximum atomic E-state index is 13.1. The summed E-state index contributed by atoms with van der Waals surface area (Å²) in [5.74, 6) is 1.23. The molecule has 0 unspecified atom stereocenters. The van der Waals surface area contributed by atoms with Gasteiger partial charge in [-0.15, -0.1) is 0 Å². The minimum Gasteiger partial charge on any atom is -0.496 e. The Morgan fingerprint density at radius 2 is 2.00 bits per heavy atom. The first-order valence-corrected chi connectivity index (χ1v) is 11.4. The third kappa shape index (κ3) is 2.98. The number of fused-ring (bicyclic) bond motifs is 3. The lowest BCUT2D eigenvalue weighted by atomic mass is 10.00. The summed E-state index contributed by atoms with van der Waals surface area (Å²) in [6.07, 6.45) is 3.18. The highest BCUT2D eigenvalue weighted by Crippen LogP contribution is 2.47. The van der Waals surface area contributed by atoms with Crippen LogP contribution in [-0.4, -0.2) is 30.7 Å². The van der Waals surface area contributed by atoms with E-state index in [2.05, 4.69) is 19.8 Å². The molecule has 0 saturated carbocycles. The molecule has 1 atom stereocenters. The highest BCUT2D eigenvalue weighted by Gasteiger charge is 2.39. The lowest BCUT2D eigenvalue weighted by Gasteiger charge is -2.25. The molecule has 0 amide bonds. The predicted octanol–water partition coefficient (Wildman–Crippen LogP) is 4.15. The first-order chi connectivity index (χ1) is 15.3. The number of benzene rings is 1. The van der Waals surface area contributed by atoms with Gasteiger partial charge in [0.05, 0.1) is 53.2 Å². The first-order valence-electron chi connectivity index (χ1n) is 9.99. The highest BCUT2D eigenvalue weighted by atomic mass is 32.2. The Morgan fingerprint density at radius 1 is 1.19 bits per heavy atom. The molecule has 0 saturated heterocycles. The Bertz CT molecular complexity index is 1430. The molecule has 0 fully saturated rings. The maximum absolute atomic E-state index is 13.1. The number of anilines is 2. The van der Waals surface area contributed by atoms with E-state index in [9.17, 15) is 8.42 Å². The molecule has 0 spiro atoms. The zero-order valence-electron chi connectivity index (χ0n) is 17.9. The van der Waals surface area contributed by atoms with Gasteiger partial charge in [0.2, 0.25) is 0 Å². The Labute approximate surface area is 185 Å². The Hall–Kier alpha value is -3.66. The van der Waals surface area contributed by atoms with Gasteiger partial charge in [0.1, 0.15) is 11.5 Å². The molecular weight excluding hydrogens is 430 g/mol. The van der Waals surface area contributed by atoms with E-state index in [1.807, 2.05) is 32.0 Å². The number of hydrogen-bond acceptors (Lipinski definition) is 7. The van der Waals surface area contributed by atoms with Gasteiger partial charge in [-0.1, -0.05) is 11.2 Å². The van der Waals surface area contributed by atoms with Crippen LogP contribution in [-0.2, 0) is 10.2 Å². The standard InChI is InChI=1S/C22H21N5O4S/c1-12-21(14(3)31-25-12)16-9-18-15(10-20(16)30-4)22-19(11-24-18)26-32(28,29)27(22)13(2)17-7-5-6-8-23-17/h5-11,13,26H,1-4H3/t13-/m1/s1. The van der Waals surface area contributed by atoms with Crippen LogP contribution in [0, 0.1) is 13.8 Å². The quantitative estimate of drug-likeness (QED) is 0.496. The van der Waals surface area contributed by atoms with Crippen molar-refractivity contribution in [3.8, 4) is 16.9 Å². The average Bonchev–Trinajstić information content (AvgIpc) is 3.26. The predicted molar refractivity (Wildman–Crippen MR) is 121 cm³/mol. The zero-order valence-corrected chi connectivity index (χ0v) is 18.8. The topological polar surface area (TPSA) is 110 Å². The van der Waals surface area contributed by atoms with Gasteiger partial charge in [-0.3, -0.25) is 14.7 Å². The van der Waals surface area contributed by atoms with Gasteiger partial charge in [0, 0.05) is 17.1 Å². The third-order valence-electron chi connectivity index (χ3n) is 5.65. The zero-order chi connectivity index (χ0) is 22.6. The number of pyridine rings is 2. The van der Waals surface area contributed by atoms with Crippen molar-refractivity contribution < 1.29 is 17.7 Å². The lowest BCUT2D eigenvalue weighted by Crippen LogP contribution is -2.33. The van der Waals surface area contributed by atoms with Crippen molar-refractivity contribution >= 4 is 32.5 Å². The molecular formula is C22H21N5O4S. The summed E-state index contributed by atoms with van der Waals surface area (Å²) in [4.78, 5) is 8.87. The van der Waals surface area contributed by atoms with E-state index in [0.29, 0.717) is 39.5 Å². The van der Waals surface area contributed by atoms with Crippen molar-refractivity contribution in [1.29, 1.82) is 0 Å². The van der Waals surface area contributed by atoms with Crippen LogP contribution >= 0.6 is 0 Å². The van der Waals surface area contributed by atoms with Crippen LogP contribution in [0.15, 0.2) is 47.2 Å². The number of aryl methyl sites for hydroxylation is 2. The summed E-state index contributed by atoms with van der Waals surface area (Å²) in [7, 11) is -2.26. The van der Waals surface area contributed by atoms with E-state index in [-0.39, 0.29) is 0 Å². The summed E-state index contributed by atoms with van der Waals surface area (Å²) >= 11 is 0. The molecule has 1 N–H and O–H groups in total. The van der Waals surface area contributed by atoms with Crippen LogP contribution in [0.1, 0.15) is 30.1 Å². The SMILES string of the molecule is COc1cc2c3c(cnc2cc1-c1c(C)noc1C)NS(=O)(=O)N3[C@H](C)c1ccccn1. The van der Waals surface area contributed by atoms with Gasteiger partial charge in [-0.05, 0) is 45.0 Å². The van der Waals surface area contributed by atoms with Crippen molar-refractivity contribution in [1.82, 2.24) is 15.1 Å². The largest absolute Gasteiger partial charge is 0.496 e. The number of ether oxygens (including phenoxy) is 1. The minimum absolute atomic E-state index is 0.410. The molecule has 0 aliphatic carbocycles. The molecule has 1 aliphatic heterocycles. The molecule has 0 bridgehead atoms. The van der Waals surface area contributed by atoms with Gasteiger partial charge < -0.3 is 9.26 Å². The molecule has 0 radical (unpaired) electrons. The van der Waals surface area contributed by atoms with E-state index >= 15 is 0 Å². The van der Waals surface area contributed by atoms with Crippen molar-refractivity contribution in [2.45, 2.75) is 26.8 Å². The highest BCUT2D eigenvalue weighted by molar-refractivity contribution is 7.94. The number of nitrogens with zero attached hydrogens (tertiary/aromatic N) is 4. The number of hydrogen-bond donors (Lipinski definition) is 1. The first kappa shape index (κ1) is 20.3. The van der Waals surface area contributed by atoms with Gasteiger partial charge in [-0.25, -0.2) is 4.31 Å².